The number of benzene rings is 1. The van der Waals surface area contributed by atoms with Gasteiger partial charge in [-0.1, -0.05) is 13.3 Å². The molecule has 1 aliphatic heterocycles. The summed E-state index contributed by atoms with van der Waals surface area (Å²) in [5, 5.41) is 7.83. The van der Waals surface area contributed by atoms with Gasteiger partial charge in [-0.05, 0) is 44.6 Å². The van der Waals surface area contributed by atoms with Crippen LogP contribution >= 0.6 is 12.2 Å². The Morgan fingerprint density at radius 2 is 2.30 bits per heavy atom. The third-order valence-corrected chi connectivity index (χ3v) is 3.75. The number of hydrogen-bond donors (Lipinski definition) is 2. The fourth-order valence-electron chi connectivity index (χ4n) is 2.42. The van der Waals surface area contributed by atoms with Gasteiger partial charge in [-0.25, -0.2) is 0 Å². The molecule has 1 aromatic carbocycles. The summed E-state index contributed by atoms with van der Waals surface area (Å²) in [6.07, 6.45) is 5.05. The van der Waals surface area contributed by atoms with Crippen molar-refractivity contribution in [2.45, 2.75) is 46.1 Å². The van der Waals surface area contributed by atoms with Crippen molar-refractivity contribution in [2.75, 3.05) is 13.2 Å². The van der Waals surface area contributed by atoms with Gasteiger partial charge in [0.2, 0.25) is 0 Å². The molecule has 6 heteroatoms. The van der Waals surface area contributed by atoms with Crippen molar-refractivity contribution in [3.63, 3.8) is 0 Å². The van der Waals surface area contributed by atoms with Crippen LogP contribution in [-0.2, 0) is 6.42 Å². The summed E-state index contributed by atoms with van der Waals surface area (Å²) in [4.78, 5) is 0. The van der Waals surface area contributed by atoms with Gasteiger partial charge in [-0.3, -0.25) is 5.43 Å². The average Bonchev–Trinajstić information content (AvgIpc) is 2.87. The normalized spacial score (nSPS) is 16.0. The zero-order valence-electron chi connectivity index (χ0n) is 14.0. The lowest BCUT2D eigenvalue weighted by molar-refractivity contribution is 0.254. The topological polar surface area (TPSA) is 54.9 Å². The molecule has 0 amide bonds. The predicted octanol–water partition coefficient (Wildman–Crippen LogP) is 3.01. The average molecular weight is 335 g/mol. The van der Waals surface area contributed by atoms with Crippen LogP contribution in [0.4, 0.5) is 0 Å². The van der Waals surface area contributed by atoms with Gasteiger partial charge in [0, 0.05) is 24.1 Å². The zero-order chi connectivity index (χ0) is 16.7. The lowest BCUT2D eigenvalue weighted by Gasteiger charge is -2.10. The Kier molecular flexibility index (Phi) is 6.65. The summed E-state index contributed by atoms with van der Waals surface area (Å²) < 4.78 is 11.5. The highest BCUT2D eigenvalue weighted by molar-refractivity contribution is 7.80. The second-order valence-corrected chi connectivity index (χ2v) is 5.95. The zero-order valence-corrected chi connectivity index (χ0v) is 14.8. The minimum absolute atomic E-state index is 0.208. The van der Waals surface area contributed by atoms with E-state index in [1.807, 2.05) is 19.1 Å². The molecule has 126 valence electrons. The van der Waals surface area contributed by atoms with E-state index in [9.17, 15) is 0 Å². The molecule has 23 heavy (non-hydrogen) atoms. The quantitative estimate of drug-likeness (QED) is 0.347. The molecule has 1 aromatic rings. The molecule has 2 N–H and O–H groups in total. The highest BCUT2D eigenvalue weighted by Crippen LogP contribution is 2.34. The first kappa shape index (κ1) is 17.5. The molecular formula is C17H25N3O2S. The van der Waals surface area contributed by atoms with E-state index in [0.29, 0.717) is 11.7 Å². The first-order valence-corrected chi connectivity index (χ1v) is 8.58. The van der Waals surface area contributed by atoms with E-state index in [1.165, 1.54) is 5.56 Å². The van der Waals surface area contributed by atoms with E-state index in [0.717, 1.165) is 42.9 Å². The number of fused-ring (bicyclic) bond motifs is 1. The molecule has 1 aliphatic rings. The Morgan fingerprint density at radius 3 is 3.04 bits per heavy atom. The number of ether oxygens (including phenoxy) is 2. The summed E-state index contributed by atoms with van der Waals surface area (Å²) in [5.41, 5.74) is 4.89. The SMILES string of the molecule is CCCCNC(=S)N/N=C\c1cc2c(cc1OCC)C[C@H](C)O2. The van der Waals surface area contributed by atoms with Crippen LogP contribution < -0.4 is 20.2 Å². The molecule has 0 spiro atoms. The van der Waals surface area contributed by atoms with Crippen molar-refractivity contribution in [2.24, 2.45) is 5.10 Å². The molecule has 5 nitrogen and oxygen atoms in total. The van der Waals surface area contributed by atoms with Gasteiger partial charge in [0.25, 0.3) is 0 Å². The smallest absolute Gasteiger partial charge is 0.186 e. The Labute approximate surface area is 143 Å². The van der Waals surface area contributed by atoms with Crippen LogP contribution in [0.25, 0.3) is 0 Å². The lowest BCUT2D eigenvalue weighted by atomic mass is 10.1. The van der Waals surface area contributed by atoms with Crippen LogP contribution in [0.2, 0.25) is 0 Å². The Morgan fingerprint density at radius 1 is 1.48 bits per heavy atom. The van der Waals surface area contributed by atoms with Crippen LogP contribution in [0, 0.1) is 0 Å². The van der Waals surface area contributed by atoms with Crippen molar-refractivity contribution in [3.8, 4) is 11.5 Å². The number of hydrogen-bond acceptors (Lipinski definition) is 4. The van der Waals surface area contributed by atoms with Crippen molar-refractivity contribution < 1.29 is 9.47 Å². The van der Waals surface area contributed by atoms with Gasteiger partial charge in [-0.2, -0.15) is 5.10 Å². The molecule has 0 unspecified atom stereocenters. The number of unbranched alkanes of at least 4 members (excludes halogenated alkanes) is 1. The highest BCUT2D eigenvalue weighted by Gasteiger charge is 2.21. The van der Waals surface area contributed by atoms with Crippen molar-refractivity contribution in [1.29, 1.82) is 0 Å². The second kappa shape index (κ2) is 8.72. The highest BCUT2D eigenvalue weighted by atomic mass is 32.1. The molecule has 0 saturated heterocycles. The van der Waals surface area contributed by atoms with Crippen LogP contribution in [-0.4, -0.2) is 30.6 Å². The number of nitrogens with zero attached hydrogens (tertiary/aromatic N) is 1. The maximum atomic E-state index is 5.80. The number of nitrogens with one attached hydrogen (secondary N) is 2. The summed E-state index contributed by atoms with van der Waals surface area (Å²) in [7, 11) is 0. The monoisotopic (exact) mass is 335 g/mol. The third kappa shape index (κ3) is 5.10. The maximum absolute atomic E-state index is 5.80. The van der Waals surface area contributed by atoms with E-state index in [1.54, 1.807) is 6.21 Å². The van der Waals surface area contributed by atoms with Crippen LogP contribution in [0.1, 0.15) is 44.7 Å². The van der Waals surface area contributed by atoms with Crippen LogP contribution in [0.3, 0.4) is 0 Å². The number of rotatable bonds is 7. The van der Waals surface area contributed by atoms with Crippen LogP contribution in [0.5, 0.6) is 11.5 Å². The molecule has 0 saturated carbocycles. The van der Waals surface area contributed by atoms with Gasteiger partial charge in [-0.15, -0.1) is 0 Å². The fourth-order valence-corrected chi connectivity index (χ4v) is 2.57. The van der Waals surface area contributed by atoms with E-state index >= 15 is 0 Å². The second-order valence-electron chi connectivity index (χ2n) is 5.54. The van der Waals surface area contributed by atoms with Crippen LogP contribution in [0.15, 0.2) is 17.2 Å². The summed E-state index contributed by atoms with van der Waals surface area (Å²) >= 11 is 5.17. The summed E-state index contributed by atoms with van der Waals surface area (Å²) in [6.45, 7) is 7.64. The van der Waals surface area contributed by atoms with Crippen molar-refractivity contribution >= 4 is 23.5 Å². The van der Waals surface area contributed by atoms with E-state index in [-0.39, 0.29) is 6.10 Å². The molecule has 0 aliphatic carbocycles. The Bertz CT molecular complexity index is 575. The molecule has 1 heterocycles. The van der Waals surface area contributed by atoms with E-state index in [2.05, 4.69) is 29.7 Å². The molecule has 0 bridgehead atoms. The van der Waals surface area contributed by atoms with Gasteiger partial charge >= 0.3 is 0 Å². The molecular weight excluding hydrogens is 310 g/mol. The number of thiocarbonyl (C=S) groups is 1. The third-order valence-electron chi connectivity index (χ3n) is 3.51. The minimum Gasteiger partial charge on any atom is -0.493 e. The maximum Gasteiger partial charge on any atom is 0.186 e. The minimum atomic E-state index is 0.208. The molecule has 0 aromatic heterocycles. The Balaban J connectivity index is 2.02. The van der Waals surface area contributed by atoms with Gasteiger partial charge in [0.05, 0.1) is 12.8 Å². The van der Waals surface area contributed by atoms with Crippen molar-refractivity contribution in [1.82, 2.24) is 10.7 Å². The molecule has 0 radical (unpaired) electrons. The fraction of sp³-hybridized carbons (Fsp3) is 0.529. The van der Waals surface area contributed by atoms with Gasteiger partial charge in [0.15, 0.2) is 5.11 Å². The molecule has 0 fully saturated rings. The van der Waals surface area contributed by atoms with E-state index in [4.69, 9.17) is 21.7 Å². The first-order valence-electron chi connectivity index (χ1n) is 8.17. The van der Waals surface area contributed by atoms with Gasteiger partial charge < -0.3 is 14.8 Å². The molecule has 2 rings (SSSR count). The predicted molar refractivity (Wildman–Crippen MR) is 97.6 cm³/mol. The van der Waals surface area contributed by atoms with Gasteiger partial charge in [0.1, 0.15) is 17.6 Å². The molecule has 1 atom stereocenters. The summed E-state index contributed by atoms with van der Waals surface area (Å²) in [6, 6.07) is 4.02. The summed E-state index contributed by atoms with van der Waals surface area (Å²) in [5.74, 6) is 1.73. The van der Waals surface area contributed by atoms with Crippen molar-refractivity contribution in [3.05, 3.63) is 23.3 Å². The largest absolute Gasteiger partial charge is 0.493 e. The first-order chi connectivity index (χ1) is 11.1. The number of hydrazone groups is 1. The standard InChI is InChI=1S/C17H25N3O2S/c1-4-6-7-18-17(23)20-19-11-14-10-16-13(8-12(3)22-16)9-15(14)21-5-2/h9-12H,4-8H2,1-3H3,(H2,18,20,23)/b19-11-/t12-/m0/s1. The van der Waals surface area contributed by atoms with E-state index < -0.39 is 0 Å². The lowest BCUT2D eigenvalue weighted by Crippen LogP contribution is -2.32. The Hall–Kier alpha value is -1.82.